The third-order valence-corrected chi connectivity index (χ3v) is 9.90. The van der Waals surface area contributed by atoms with Crippen molar-refractivity contribution >= 4 is 35.0 Å². The molecule has 1 atom stereocenters. The van der Waals surface area contributed by atoms with E-state index in [0.29, 0.717) is 87.4 Å². The molecule has 4 aromatic rings. The van der Waals surface area contributed by atoms with E-state index in [9.17, 15) is 14.4 Å². The minimum atomic E-state index is -0.825. The van der Waals surface area contributed by atoms with Gasteiger partial charge in [-0.1, -0.05) is 41.9 Å². The first-order chi connectivity index (χ1) is 27.3. The Kier molecular flexibility index (Phi) is 17.2. The van der Waals surface area contributed by atoms with Gasteiger partial charge in [0.15, 0.2) is 0 Å². The molecule has 6 N–H and O–H groups in total. The number of carbonyl (C=O) groups is 3. The number of anilines is 1. The molecular formula is C40H51ClN8O7. The molecule has 1 aliphatic carbocycles. The smallest absolute Gasteiger partial charge is 0.251 e. The maximum absolute atomic E-state index is 13.7. The first kappa shape index (κ1) is 42.4. The van der Waals surface area contributed by atoms with Crippen molar-refractivity contribution in [3.8, 4) is 22.5 Å². The first-order valence-electron chi connectivity index (χ1n) is 18.9. The molecule has 0 unspecified atom stereocenters. The zero-order valence-corrected chi connectivity index (χ0v) is 32.4. The van der Waals surface area contributed by atoms with Crippen molar-refractivity contribution in [2.24, 2.45) is 17.6 Å². The zero-order valence-electron chi connectivity index (χ0n) is 31.6. The molecule has 0 spiro atoms. The third kappa shape index (κ3) is 13.2. The monoisotopic (exact) mass is 790 g/mol. The summed E-state index contributed by atoms with van der Waals surface area (Å²) < 4.78 is 21.2. The topological polar surface area (TPSA) is 205 Å². The van der Waals surface area contributed by atoms with Crippen LogP contribution in [-0.2, 0) is 35.0 Å². The van der Waals surface area contributed by atoms with Crippen molar-refractivity contribution in [3.63, 3.8) is 0 Å². The van der Waals surface area contributed by atoms with E-state index >= 15 is 0 Å². The van der Waals surface area contributed by atoms with Crippen LogP contribution in [0.1, 0.15) is 41.6 Å². The largest absolute Gasteiger partial charge is 0.382 e. The van der Waals surface area contributed by atoms with Gasteiger partial charge in [-0.15, -0.1) is 10.2 Å². The summed E-state index contributed by atoms with van der Waals surface area (Å²) in [5, 5.41) is 23.2. The Morgan fingerprint density at radius 1 is 0.857 bits per heavy atom. The molecule has 3 amide bonds. The summed E-state index contributed by atoms with van der Waals surface area (Å²) >= 11 is 6.67. The van der Waals surface area contributed by atoms with E-state index in [1.165, 1.54) is 0 Å². The Morgan fingerprint density at radius 3 is 2.14 bits per heavy atom. The van der Waals surface area contributed by atoms with E-state index in [1.807, 2.05) is 24.3 Å². The van der Waals surface area contributed by atoms with Crippen LogP contribution in [0, 0.1) is 11.8 Å². The molecule has 0 radical (unpaired) electrons. The Balaban J connectivity index is 1.14. The summed E-state index contributed by atoms with van der Waals surface area (Å²) in [4.78, 5) is 39.9. The molecule has 1 saturated carbocycles. The van der Waals surface area contributed by atoms with E-state index in [4.69, 9.17) is 36.3 Å². The van der Waals surface area contributed by atoms with Gasteiger partial charge in [0.2, 0.25) is 17.6 Å². The Morgan fingerprint density at radius 2 is 1.52 bits per heavy atom. The predicted molar refractivity (Wildman–Crippen MR) is 212 cm³/mol. The molecule has 1 fully saturated rings. The number of benzene rings is 3. The number of hydrogen-bond donors (Lipinski definition) is 5. The number of nitrogens with one attached hydrogen (secondary N) is 4. The van der Waals surface area contributed by atoms with Gasteiger partial charge >= 0.3 is 0 Å². The molecule has 3 aromatic carbocycles. The number of rotatable bonds is 22. The molecule has 0 aliphatic heterocycles. The Labute approximate surface area is 331 Å². The summed E-state index contributed by atoms with van der Waals surface area (Å²) in [7, 11) is 1.62. The average Bonchev–Trinajstić information content (AvgIpc) is 3.77. The van der Waals surface area contributed by atoms with Crippen LogP contribution in [0.25, 0.3) is 22.5 Å². The number of tetrazole rings is 1. The number of hydrogen-bond acceptors (Lipinski definition) is 11. The van der Waals surface area contributed by atoms with Gasteiger partial charge in [0.1, 0.15) is 6.04 Å². The third-order valence-electron chi connectivity index (χ3n) is 9.58. The number of halogens is 1. The van der Waals surface area contributed by atoms with Gasteiger partial charge in [-0.3, -0.25) is 14.4 Å². The summed E-state index contributed by atoms with van der Waals surface area (Å²) in [6.07, 6.45) is 3.55. The SMILES string of the molecule is COCCOCCOCCOCCNC(=O)c1ccc(-c2ccc(C[C@H](NC(=O)C3CCC(CN)CC3)C(=O)Nc3ccc(-c4nn[nH]n4)cc3)cc2)c(Cl)c1. The van der Waals surface area contributed by atoms with Gasteiger partial charge in [-0.05, 0) is 90.9 Å². The highest BCUT2D eigenvalue weighted by Gasteiger charge is 2.29. The number of methoxy groups -OCH3 is 1. The van der Waals surface area contributed by atoms with Gasteiger partial charge in [0.05, 0.1) is 46.2 Å². The Bertz CT molecular complexity index is 1800. The van der Waals surface area contributed by atoms with Crippen LogP contribution in [0.15, 0.2) is 66.7 Å². The highest BCUT2D eigenvalue weighted by molar-refractivity contribution is 6.33. The summed E-state index contributed by atoms with van der Waals surface area (Å²) in [6, 6.07) is 19.0. The van der Waals surface area contributed by atoms with E-state index in [1.54, 1.807) is 49.6 Å². The van der Waals surface area contributed by atoms with E-state index < -0.39 is 6.04 Å². The molecule has 0 bridgehead atoms. The van der Waals surface area contributed by atoms with Crippen LogP contribution in [0.4, 0.5) is 5.69 Å². The summed E-state index contributed by atoms with van der Waals surface area (Å²) in [5.41, 5.74) is 10.0. The van der Waals surface area contributed by atoms with Crippen LogP contribution < -0.4 is 21.7 Å². The fourth-order valence-corrected chi connectivity index (χ4v) is 6.63. The fourth-order valence-electron chi connectivity index (χ4n) is 6.34. The zero-order chi connectivity index (χ0) is 39.5. The van der Waals surface area contributed by atoms with E-state index in [2.05, 4.69) is 36.6 Å². The highest BCUT2D eigenvalue weighted by Crippen LogP contribution is 2.30. The molecule has 1 heterocycles. The lowest BCUT2D eigenvalue weighted by Crippen LogP contribution is -2.48. The van der Waals surface area contributed by atoms with Crippen LogP contribution in [0.5, 0.6) is 0 Å². The second kappa shape index (κ2) is 22.7. The number of aromatic amines is 1. The molecule has 16 heteroatoms. The van der Waals surface area contributed by atoms with Crippen molar-refractivity contribution in [1.82, 2.24) is 31.3 Å². The van der Waals surface area contributed by atoms with Crippen molar-refractivity contribution in [2.45, 2.75) is 38.1 Å². The number of aromatic nitrogens is 4. The number of H-pyrrole nitrogens is 1. The maximum Gasteiger partial charge on any atom is 0.251 e. The maximum atomic E-state index is 13.7. The highest BCUT2D eigenvalue weighted by atomic mass is 35.5. The standard InChI is InChI=1S/C40H51ClN8O7/c1-53-18-19-55-22-23-56-21-20-54-17-16-43-38(50)32-12-15-34(35(41)25-32)29-6-2-27(3-7-29)24-36(45-39(51)31-8-4-28(26-42)5-9-31)40(52)44-33-13-10-30(11-14-33)37-46-48-49-47-37/h2-3,6-7,10-15,25,28,31,36H,4-5,8-9,16-24,26,42H2,1H3,(H,43,50)(H,44,52)(H,45,51)(H,46,47,48,49)/t28?,31?,36-/m0/s1. The second-order valence-electron chi connectivity index (χ2n) is 13.5. The number of nitrogens with two attached hydrogens (primary N) is 1. The predicted octanol–water partition coefficient (Wildman–Crippen LogP) is 4.04. The Hall–Kier alpha value is -4.77. The molecule has 1 aliphatic rings. The van der Waals surface area contributed by atoms with Crippen molar-refractivity contribution < 1.29 is 33.3 Å². The second-order valence-corrected chi connectivity index (χ2v) is 13.9. The van der Waals surface area contributed by atoms with Crippen molar-refractivity contribution in [1.29, 1.82) is 0 Å². The van der Waals surface area contributed by atoms with Crippen LogP contribution in [0.2, 0.25) is 5.02 Å². The number of ether oxygens (including phenoxy) is 4. The minimum Gasteiger partial charge on any atom is -0.382 e. The number of carbonyl (C=O) groups excluding carboxylic acids is 3. The van der Waals surface area contributed by atoms with E-state index in [-0.39, 0.29) is 30.1 Å². The molecular weight excluding hydrogens is 740 g/mol. The van der Waals surface area contributed by atoms with Crippen LogP contribution in [0.3, 0.4) is 0 Å². The minimum absolute atomic E-state index is 0.130. The number of amides is 3. The van der Waals surface area contributed by atoms with Crippen LogP contribution >= 0.6 is 11.6 Å². The van der Waals surface area contributed by atoms with Gasteiger partial charge < -0.3 is 40.6 Å². The van der Waals surface area contributed by atoms with E-state index in [0.717, 1.165) is 47.9 Å². The lowest BCUT2D eigenvalue weighted by atomic mass is 9.81. The molecule has 5 rings (SSSR count). The van der Waals surface area contributed by atoms with Gasteiger partial charge in [0.25, 0.3) is 5.91 Å². The lowest BCUT2D eigenvalue weighted by Gasteiger charge is -2.28. The van der Waals surface area contributed by atoms with Gasteiger partial charge in [0, 0.05) is 53.4 Å². The summed E-state index contributed by atoms with van der Waals surface area (Å²) in [6.45, 7) is 4.19. The van der Waals surface area contributed by atoms with Gasteiger partial charge in [-0.25, -0.2) is 0 Å². The fraction of sp³-hybridized carbons (Fsp3) is 0.450. The van der Waals surface area contributed by atoms with Crippen molar-refractivity contribution in [2.75, 3.05) is 71.8 Å². The normalized spacial score (nSPS) is 15.9. The summed E-state index contributed by atoms with van der Waals surface area (Å²) in [5.74, 6) is -0.0240. The molecule has 0 saturated heterocycles. The number of nitrogens with zero attached hydrogens (tertiary/aromatic N) is 3. The molecule has 300 valence electrons. The average molecular weight is 791 g/mol. The molecule has 56 heavy (non-hydrogen) atoms. The molecule has 1 aromatic heterocycles. The van der Waals surface area contributed by atoms with Crippen molar-refractivity contribution in [3.05, 3.63) is 82.9 Å². The lowest BCUT2D eigenvalue weighted by molar-refractivity contribution is -0.130. The first-order valence-corrected chi connectivity index (χ1v) is 19.3. The van der Waals surface area contributed by atoms with Gasteiger partial charge in [-0.2, -0.15) is 5.21 Å². The quantitative estimate of drug-likeness (QED) is 0.0719. The molecule has 15 nitrogen and oxygen atoms in total. The van der Waals surface area contributed by atoms with Crippen LogP contribution in [-0.4, -0.2) is 111 Å².